The van der Waals surface area contributed by atoms with E-state index in [1.807, 2.05) is 4.90 Å². The minimum atomic E-state index is 0.154. The van der Waals surface area contributed by atoms with E-state index in [1.54, 1.807) is 6.92 Å². The molecule has 1 N–H and O–H groups in total. The van der Waals surface area contributed by atoms with Crippen molar-refractivity contribution in [3.8, 4) is 0 Å². The highest BCUT2D eigenvalue weighted by Crippen LogP contribution is 2.23. The molecule has 0 unspecified atom stereocenters. The summed E-state index contributed by atoms with van der Waals surface area (Å²) in [5, 5.41) is 3.38. The summed E-state index contributed by atoms with van der Waals surface area (Å²) in [5.74, 6) is 1.38. The van der Waals surface area contributed by atoms with Crippen molar-refractivity contribution in [1.29, 1.82) is 0 Å². The van der Waals surface area contributed by atoms with Crippen LogP contribution in [-0.4, -0.2) is 60.4 Å². The monoisotopic (exact) mass is 295 g/mol. The Morgan fingerprint density at radius 3 is 2.43 bits per heavy atom. The molecule has 5 heteroatoms. The summed E-state index contributed by atoms with van der Waals surface area (Å²) in [6, 6.07) is 0.323. The van der Waals surface area contributed by atoms with Gasteiger partial charge in [0.25, 0.3) is 0 Å². The molecule has 0 aromatic heterocycles. The molecule has 2 aliphatic heterocycles. The third kappa shape index (κ3) is 4.19. The van der Waals surface area contributed by atoms with Crippen LogP contribution in [0.3, 0.4) is 0 Å². The summed E-state index contributed by atoms with van der Waals surface area (Å²) >= 11 is 0. The standard InChI is InChI=1S/C16H29N3O2/c1-12(2)15-11-17-6-9-19(15)16(21)10-14-4-7-18(8-5-14)13(3)20/h12,14-15,17H,4-11H2,1-3H3/t15-/m1/s1. The molecule has 0 bridgehead atoms. The molecule has 0 aliphatic carbocycles. The summed E-state index contributed by atoms with van der Waals surface area (Å²) in [4.78, 5) is 27.9. The summed E-state index contributed by atoms with van der Waals surface area (Å²) in [6.07, 6.45) is 2.57. The number of nitrogens with zero attached hydrogens (tertiary/aromatic N) is 2. The predicted molar refractivity (Wildman–Crippen MR) is 82.8 cm³/mol. The largest absolute Gasteiger partial charge is 0.343 e. The molecule has 21 heavy (non-hydrogen) atoms. The molecule has 0 aromatic carbocycles. The Labute approximate surface area is 128 Å². The molecule has 0 aromatic rings. The first-order chi connectivity index (χ1) is 9.99. The second-order valence-corrected chi connectivity index (χ2v) is 6.76. The summed E-state index contributed by atoms with van der Waals surface area (Å²) < 4.78 is 0. The highest BCUT2D eigenvalue weighted by atomic mass is 16.2. The van der Waals surface area contributed by atoms with Crippen molar-refractivity contribution in [3.05, 3.63) is 0 Å². The Bertz CT molecular complexity index is 376. The maximum atomic E-state index is 12.6. The number of carbonyl (C=O) groups excluding carboxylic acids is 2. The van der Waals surface area contributed by atoms with Gasteiger partial charge in [-0.25, -0.2) is 0 Å². The second-order valence-electron chi connectivity index (χ2n) is 6.76. The van der Waals surface area contributed by atoms with Gasteiger partial charge >= 0.3 is 0 Å². The first-order valence-electron chi connectivity index (χ1n) is 8.24. The zero-order valence-corrected chi connectivity index (χ0v) is 13.6. The van der Waals surface area contributed by atoms with Crippen LogP contribution in [0.25, 0.3) is 0 Å². The van der Waals surface area contributed by atoms with Crippen LogP contribution in [0.4, 0.5) is 0 Å². The SMILES string of the molecule is CC(=O)N1CCC(CC(=O)N2CCNC[C@@H]2C(C)C)CC1. The molecule has 2 saturated heterocycles. The number of hydrogen-bond acceptors (Lipinski definition) is 3. The van der Waals surface area contributed by atoms with Crippen LogP contribution in [0.15, 0.2) is 0 Å². The highest BCUT2D eigenvalue weighted by molar-refractivity contribution is 5.77. The fraction of sp³-hybridized carbons (Fsp3) is 0.875. The number of amides is 2. The molecule has 5 nitrogen and oxygen atoms in total. The Morgan fingerprint density at radius 1 is 1.19 bits per heavy atom. The summed E-state index contributed by atoms with van der Waals surface area (Å²) in [5.41, 5.74) is 0. The van der Waals surface area contributed by atoms with E-state index >= 15 is 0 Å². The van der Waals surface area contributed by atoms with Gasteiger partial charge in [-0.3, -0.25) is 9.59 Å². The van der Waals surface area contributed by atoms with Crippen LogP contribution >= 0.6 is 0 Å². The van der Waals surface area contributed by atoms with Gasteiger partial charge in [-0.05, 0) is 24.7 Å². The van der Waals surface area contributed by atoms with E-state index in [4.69, 9.17) is 0 Å². The molecular weight excluding hydrogens is 266 g/mol. The minimum absolute atomic E-state index is 0.154. The molecule has 120 valence electrons. The van der Waals surface area contributed by atoms with Gasteiger partial charge in [-0.15, -0.1) is 0 Å². The van der Waals surface area contributed by atoms with Gasteiger partial charge < -0.3 is 15.1 Å². The van der Waals surface area contributed by atoms with Gasteiger partial charge in [-0.1, -0.05) is 13.8 Å². The lowest BCUT2D eigenvalue weighted by Gasteiger charge is -2.40. The third-order valence-corrected chi connectivity index (χ3v) is 4.90. The van der Waals surface area contributed by atoms with E-state index in [0.717, 1.165) is 45.6 Å². The van der Waals surface area contributed by atoms with Crippen LogP contribution in [0.5, 0.6) is 0 Å². The Balaban J connectivity index is 1.85. The van der Waals surface area contributed by atoms with Crippen LogP contribution in [0, 0.1) is 11.8 Å². The molecule has 2 aliphatic rings. The quantitative estimate of drug-likeness (QED) is 0.848. The number of rotatable bonds is 3. The number of piperazine rings is 1. The Hall–Kier alpha value is -1.10. The molecule has 2 heterocycles. The van der Waals surface area contributed by atoms with Crippen molar-refractivity contribution in [1.82, 2.24) is 15.1 Å². The normalized spacial score (nSPS) is 24.5. The molecule has 1 atom stereocenters. The van der Waals surface area contributed by atoms with Crippen LogP contribution in [0.2, 0.25) is 0 Å². The van der Waals surface area contributed by atoms with E-state index in [9.17, 15) is 9.59 Å². The fourth-order valence-corrected chi connectivity index (χ4v) is 3.45. The first kappa shape index (κ1) is 16.3. The van der Waals surface area contributed by atoms with Crippen molar-refractivity contribution in [2.24, 2.45) is 11.8 Å². The average molecular weight is 295 g/mol. The van der Waals surface area contributed by atoms with E-state index in [1.165, 1.54) is 0 Å². The van der Waals surface area contributed by atoms with E-state index in [2.05, 4.69) is 24.1 Å². The van der Waals surface area contributed by atoms with Gasteiger partial charge in [0.2, 0.25) is 11.8 Å². The van der Waals surface area contributed by atoms with Gasteiger partial charge in [0.1, 0.15) is 0 Å². The molecule has 0 spiro atoms. The topological polar surface area (TPSA) is 52.7 Å². The summed E-state index contributed by atoms with van der Waals surface area (Å²) in [7, 11) is 0. The lowest BCUT2D eigenvalue weighted by molar-refractivity contribution is -0.137. The maximum Gasteiger partial charge on any atom is 0.223 e. The second kappa shape index (κ2) is 7.25. The molecule has 0 saturated carbocycles. The van der Waals surface area contributed by atoms with Gasteiger partial charge in [-0.2, -0.15) is 0 Å². The first-order valence-corrected chi connectivity index (χ1v) is 8.24. The van der Waals surface area contributed by atoms with Gasteiger partial charge in [0.15, 0.2) is 0 Å². The van der Waals surface area contributed by atoms with E-state index in [-0.39, 0.29) is 5.91 Å². The number of likely N-dealkylation sites (tertiary alicyclic amines) is 1. The molecule has 2 fully saturated rings. The number of piperidine rings is 1. The van der Waals surface area contributed by atoms with Crippen LogP contribution in [0.1, 0.15) is 40.0 Å². The van der Waals surface area contributed by atoms with Gasteiger partial charge in [0, 0.05) is 52.1 Å². The number of nitrogens with one attached hydrogen (secondary N) is 1. The molecular formula is C16H29N3O2. The molecule has 2 amide bonds. The molecule has 0 radical (unpaired) electrons. The smallest absolute Gasteiger partial charge is 0.223 e. The van der Waals surface area contributed by atoms with Crippen molar-refractivity contribution in [3.63, 3.8) is 0 Å². The fourth-order valence-electron chi connectivity index (χ4n) is 3.45. The average Bonchev–Trinajstić information content (AvgIpc) is 2.47. The zero-order valence-electron chi connectivity index (χ0n) is 13.6. The van der Waals surface area contributed by atoms with Crippen molar-refractivity contribution < 1.29 is 9.59 Å². The molecule has 2 rings (SSSR count). The number of hydrogen-bond donors (Lipinski definition) is 1. The maximum absolute atomic E-state index is 12.6. The van der Waals surface area contributed by atoms with Crippen LogP contribution < -0.4 is 5.32 Å². The van der Waals surface area contributed by atoms with Crippen molar-refractivity contribution >= 4 is 11.8 Å². The van der Waals surface area contributed by atoms with Crippen molar-refractivity contribution in [2.45, 2.75) is 46.1 Å². The van der Waals surface area contributed by atoms with Gasteiger partial charge in [0.05, 0.1) is 0 Å². The zero-order chi connectivity index (χ0) is 15.4. The highest BCUT2D eigenvalue weighted by Gasteiger charge is 2.31. The number of carbonyl (C=O) groups is 2. The Morgan fingerprint density at radius 2 is 1.86 bits per heavy atom. The third-order valence-electron chi connectivity index (χ3n) is 4.90. The van der Waals surface area contributed by atoms with E-state index in [0.29, 0.717) is 30.2 Å². The lowest BCUT2D eigenvalue weighted by Crippen LogP contribution is -2.56. The van der Waals surface area contributed by atoms with E-state index < -0.39 is 0 Å². The minimum Gasteiger partial charge on any atom is -0.343 e. The van der Waals surface area contributed by atoms with Crippen molar-refractivity contribution in [2.75, 3.05) is 32.7 Å². The predicted octanol–water partition coefficient (Wildman–Crippen LogP) is 1.09. The lowest BCUT2D eigenvalue weighted by atomic mass is 9.91. The van der Waals surface area contributed by atoms with Crippen LogP contribution in [-0.2, 0) is 9.59 Å². The Kier molecular flexibility index (Phi) is 5.62. The summed E-state index contributed by atoms with van der Waals surface area (Å²) in [6.45, 7) is 10.2.